The molecule has 14 heavy (non-hydrogen) atoms. The minimum atomic E-state index is -0.637. The molecule has 0 unspecified atom stereocenters. The van der Waals surface area contributed by atoms with Crippen LogP contribution in [0.2, 0.25) is 0 Å². The van der Waals surface area contributed by atoms with E-state index >= 15 is 0 Å². The zero-order valence-corrected chi connectivity index (χ0v) is 7.36. The molecule has 0 bridgehead atoms. The lowest BCUT2D eigenvalue weighted by molar-refractivity contribution is 0.433. The number of H-pyrrole nitrogens is 1. The summed E-state index contributed by atoms with van der Waals surface area (Å²) in [5, 5.41) is 6.50. The van der Waals surface area contributed by atoms with Gasteiger partial charge in [0.15, 0.2) is 0 Å². The van der Waals surface area contributed by atoms with Crippen LogP contribution in [0, 0.1) is 12.9 Å². The maximum absolute atomic E-state index is 12.6. The molecule has 0 aliphatic heterocycles. The number of nitrogens with one attached hydrogen (secondary N) is 1. The minimum absolute atomic E-state index is 0.129. The Morgan fingerprint density at radius 2 is 2.14 bits per heavy atom. The van der Waals surface area contributed by atoms with Crippen LogP contribution in [-0.2, 0) is 0 Å². The summed E-state index contributed by atoms with van der Waals surface area (Å²) in [6, 6.07) is 2.77. The molecule has 2 aromatic rings. The minimum Gasteiger partial charge on any atom is -0.419 e. The number of hydrogen-bond donors (Lipinski definition) is 1. The van der Waals surface area contributed by atoms with Gasteiger partial charge in [-0.2, -0.15) is 4.39 Å². The number of aromatic amines is 1. The van der Waals surface area contributed by atoms with Crippen molar-refractivity contribution in [1.29, 1.82) is 0 Å². The second-order valence-corrected chi connectivity index (χ2v) is 2.67. The standard InChI is InChI=1S/C8H7FN4O/c1-5-2-8(13-12-5)14-7-3-6(9)10-4-11-7/h2-4H,1H3,(H,12,13). The number of nitrogens with zero attached hydrogens (tertiary/aromatic N) is 3. The number of ether oxygens (including phenoxy) is 1. The average Bonchev–Trinajstić information content (AvgIpc) is 2.51. The van der Waals surface area contributed by atoms with Gasteiger partial charge in [-0.3, -0.25) is 5.10 Å². The van der Waals surface area contributed by atoms with Crippen LogP contribution in [0.4, 0.5) is 4.39 Å². The highest BCUT2D eigenvalue weighted by Gasteiger charge is 2.03. The molecule has 0 spiro atoms. The predicted molar refractivity (Wildman–Crippen MR) is 45.4 cm³/mol. The number of aromatic nitrogens is 4. The summed E-state index contributed by atoms with van der Waals surface area (Å²) in [6.45, 7) is 1.83. The van der Waals surface area contributed by atoms with Crippen LogP contribution in [0.15, 0.2) is 18.5 Å². The van der Waals surface area contributed by atoms with Gasteiger partial charge in [-0.15, -0.1) is 5.10 Å². The molecule has 0 amide bonds. The number of halogens is 1. The van der Waals surface area contributed by atoms with Crippen LogP contribution in [0.3, 0.4) is 0 Å². The van der Waals surface area contributed by atoms with E-state index in [1.165, 1.54) is 0 Å². The molecular formula is C8H7FN4O. The first-order chi connectivity index (χ1) is 6.74. The van der Waals surface area contributed by atoms with E-state index < -0.39 is 5.95 Å². The molecule has 0 saturated heterocycles. The molecule has 5 nitrogen and oxygen atoms in total. The summed E-state index contributed by atoms with van der Waals surface area (Å²) < 4.78 is 17.8. The van der Waals surface area contributed by atoms with E-state index in [2.05, 4.69) is 20.2 Å². The summed E-state index contributed by atoms with van der Waals surface area (Å²) in [5.74, 6) is -0.160. The van der Waals surface area contributed by atoms with Crippen molar-refractivity contribution in [3.05, 3.63) is 30.1 Å². The third kappa shape index (κ3) is 1.85. The van der Waals surface area contributed by atoms with E-state index in [1.807, 2.05) is 6.92 Å². The van der Waals surface area contributed by atoms with Crippen molar-refractivity contribution in [3.63, 3.8) is 0 Å². The van der Waals surface area contributed by atoms with E-state index in [1.54, 1.807) is 6.07 Å². The molecule has 2 rings (SSSR count). The molecule has 0 aliphatic rings. The van der Waals surface area contributed by atoms with Gasteiger partial charge in [0.1, 0.15) is 6.33 Å². The van der Waals surface area contributed by atoms with Crippen LogP contribution in [0.1, 0.15) is 5.69 Å². The first kappa shape index (κ1) is 8.61. The molecule has 2 aromatic heterocycles. The predicted octanol–water partition coefficient (Wildman–Crippen LogP) is 1.44. The summed E-state index contributed by atoms with van der Waals surface area (Å²) in [7, 11) is 0. The Morgan fingerprint density at radius 3 is 2.79 bits per heavy atom. The van der Waals surface area contributed by atoms with Crippen molar-refractivity contribution < 1.29 is 9.13 Å². The number of rotatable bonds is 2. The monoisotopic (exact) mass is 194 g/mol. The van der Waals surface area contributed by atoms with Crippen molar-refractivity contribution in [2.75, 3.05) is 0 Å². The fourth-order valence-corrected chi connectivity index (χ4v) is 0.926. The zero-order valence-electron chi connectivity index (χ0n) is 7.36. The van der Waals surface area contributed by atoms with Gasteiger partial charge in [-0.25, -0.2) is 9.97 Å². The highest BCUT2D eigenvalue weighted by Crippen LogP contribution is 2.16. The summed E-state index contributed by atoms with van der Waals surface area (Å²) in [6.07, 6.45) is 1.09. The van der Waals surface area contributed by atoms with Gasteiger partial charge in [0.2, 0.25) is 17.7 Å². The molecule has 2 heterocycles. The summed E-state index contributed by atoms with van der Waals surface area (Å²) in [4.78, 5) is 7.02. The summed E-state index contributed by atoms with van der Waals surface area (Å²) >= 11 is 0. The van der Waals surface area contributed by atoms with Gasteiger partial charge in [0, 0.05) is 11.8 Å². The second-order valence-electron chi connectivity index (χ2n) is 2.67. The van der Waals surface area contributed by atoms with Crippen molar-refractivity contribution in [2.45, 2.75) is 6.92 Å². The van der Waals surface area contributed by atoms with E-state index in [4.69, 9.17) is 4.74 Å². The van der Waals surface area contributed by atoms with Crippen LogP contribution in [-0.4, -0.2) is 20.2 Å². The Bertz CT molecular complexity index is 442. The van der Waals surface area contributed by atoms with Crippen molar-refractivity contribution in [1.82, 2.24) is 20.2 Å². The Labute approximate surface area is 79.0 Å². The van der Waals surface area contributed by atoms with Crippen LogP contribution < -0.4 is 4.74 Å². The van der Waals surface area contributed by atoms with E-state index in [9.17, 15) is 4.39 Å². The van der Waals surface area contributed by atoms with Gasteiger partial charge >= 0.3 is 0 Å². The lowest BCUT2D eigenvalue weighted by Gasteiger charge is -1.98. The molecule has 0 atom stereocenters. The van der Waals surface area contributed by atoms with Crippen LogP contribution in [0.5, 0.6) is 11.8 Å². The Balaban J connectivity index is 2.18. The summed E-state index contributed by atoms with van der Waals surface area (Å²) in [5.41, 5.74) is 0.856. The third-order valence-corrected chi connectivity index (χ3v) is 1.50. The Hall–Kier alpha value is -1.98. The molecule has 0 radical (unpaired) electrons. The topological polar surface area (TPSA) is 63.7 Å². The van der Waals surface area contributed by atoms with Crippen molar-refractivity contribution in [2.24, 2.45) is 0 Å². The molecule has 6 heteroatoms. The Morgan fingerprint density at radius 1 is 1.29 bits per heavy atom. The highest BCUT2D eigenvalue weighted by molar-refractivity contribution is 5.19. The largest absolute Gasteiger partial charge is 0.419 e. The fourth-order valence-electron chi connectivity index (χ4n) is 0.926. The fraction of sp³-hybridized carbons (Fsp3) is 0.125. The van der Waals surface area contributed by atoms with E-state index in [0.29, 0.717) is 5.88 Å². The lowest BCUT2D eigenvalue weighted by Crippen LogP contribution is -1.90. The highest BCUT2D eigenvalue weighted by atomic mass is 19.1. The maximum atomic E-state index is 12.6. The number of hydrogen-bond acceptors (Lipinski definition) is 4. The third-order valence-electron chi connectivity index (χ3n) is 1.50. The van der Waals surface area contributed by atoms with Gasteiger partial charge in [0.05, 0.1) is 6.07 Å². The molecule has 72 valence electrons. The zero-order chi connectivity index (χ0) is 9.97. The molecule has 0 aromatic carbocycles. The molecule has 0 aliphatic carbocycles. The molecule has 0 saturated carbocycles. The first-order valence-electron chi connectivity index (χ1n) is 3.91. The average molecular weight is 194 g/mol. The smallest absolute Gasteiger partial charge is 0.240 e. The maximum Gasteiger partial charge on any atom is 0.240 e. The molecular weight excluding hydrogens is 187 g/mol. The normalized spacial score (nSPS) is 10.1. The number of aryl methyl sites for hydroxylation is 1. The SMILES string of the molecule is Cc1cc(Oc2cc(F)ncn2)n[nH]1. The van der Waals surface area contributed by atoms with Crippen molar-refractivity contribution in [3.8, 4) is 11.8 Å². The van der Waals surface area contributed by atoms with Crippen LogP contribution >= 0.6 is 0 Å². The second kappa shape index (κ2) is 3.41. The first-order valence-corrected chi connectivity index (χ1v) is 3.91. The lowest BCUT2D eigenvalue weighted by atomic mass is 10.5. The van der Waals surface area contributed by atoms with Crippen LogP contribution in [0.25, 0.3) is 0 Å². The van der Waals surface area contributed by atoms with Gasteiger partial charge in [0.25, 0.3) is 0 Å². The molecule has 0 fully saturated rings. The molecule has 1 N–H and O–H groups in total. The van der Waals surface area contributed by atoms with Gasteiger partial charge < -0.3 is 4.74 Å². The van der Waals surface area contributed by atoms with E-state index in [0.717, 1.165) is 18.1 Å². The van der Waals surface area contributed by atoms with E-state index in [-0.39, 0.29) is 5.88 Å². The van der Waals surface area contributed by atoms with Gasteiger partial charge in [-0.1, -0.05) is 0 Å². The van der Waals surface area contributed by atoms with Crippen molar-refractivity contribution >= 4 is 0 Å². The quantitative estimate of drug-likeness (QED) is 0.734. The Kier molecular flexibility index (Phi) is 2.10. The van der Waals surface area contributed by atoms with Gasteiger partial charge in [-0.05, 0) is 6.92 Å².